The minimum Gasteiger partial charge on any atom is -0.355 e. The Morgan fingerprint density at radius 1 is 1.44 bits per heavy atom. The van der Waals surface area contributed by atoms with Crippen molar-refractivity contribution < 1.29 is 0 Å². The van der Waals surface area contributed by atoms with E-state index in [-0.39, 0.29) is 0 Å². The highest BCUT2D eigenvalue weighted by Crippen LogP contribution is 2.26. The predicted octanol–water partition coefficient (Wildman–Crippen LogP) is 1.62. The first kappa shape index (κ1) is 12.8. The second-order valence-electron chi connectivity index (χ2n) is 4.65. The average Bonchev–Trinajstić information content (AvgIpc) is 2.43. The first-order valence-corrected chi connectivity index (χ1v) is 6.68. The van der Waals surface area contributed by atoms with Gasteiger partial charge in [-0.1, -0.05) is 0 Å². The van der Waals surface area contributed by atoms with Crippen LogP contribution in [0.15, 0.2) is 6.07 Å². The van der Waals surface area contributed by atoms with E-state index in [1.165, 1.54) is 24.1 Å². The molecule has 1 aliphatic rings. The van der Waals surface area contributed by atoms with Crippen molar-refractivity contribution in [3.63, 3.8) is 0 Å². The van der Waals surface area contributed by atoms with Crippen molar-refractivity contribution in [1.29, 1.82) is 5.26 Å². The molecule has 1 aromatic rings. The molecule has 0 saturated carbocycles. The SMILES string of the molecule is CCN(CCN)c1nc2c(cc1C#N)CCCC2. The van der Waals surface area contributed by atoms with Crippen molar-refractivity contribution in [2.45, 2.75) is 32.6 Å². The molecule has 1 aromatic heterocycles. The molecule has 18 heavy (non-hydrogen) atoms. The van der Waals surface area contributed by atoms with Gasteiger partial charge in [0, 0.05) is 25.3 Å². The highest BCUT2D eigenvalue weighted by molar-refractivity contribution is 5.56. The predicted molar refractivity (Wildman–Crippen MR) is 72.5 cm³/mol. The van der Waals surface area contributed by atoms with E-state index in [4.69, 9.17) is 10.7 Å². The van der Waals surface area contributed by atoms with E-state index >= 15 is 0 Å². The Hall–Kier alpha value is -1.60. The number of nitriles is 1. The third kappa shape index (κ3) is 2.46. The molecule has 0 spiro atoms. The Morgan fingerprint density at radius 2 is 2.22 bits per heavy atom. The molecular weight excluding hydrogens is 224 g/mol. The van der Waals surface area contributed by atoms with Gasteiger partial charge >= 0.3 is 0 Å². The maximum atomic E-state index is 9.28. The number of hydrogen-bond donors (Lipinski definition) is 1. The number of rotatable bonds is 4. The zero-order valence-corrected chi connectivity index (χ0v) is 10.9. The summed E-state index contributed by atoms with van der Waals surface area (Å²) in [5, 5.41) is 9.28. The van der Waals surface area contributed by atoms with Gasteiger partial charge in [0.2, 0.25) is 0 Å². The van der Waals surface area contributed by atoms with Crippen molar-refractivity contribution in [1.82, 2.24) is 4.98 Å². The van der Waals surface area contributed by atoms with Gasteiger partial charge < -0.3 is 10.6 Å². The van der Waals surface area contributed by atoms with Crippen LogP contribution in [0.5, 0.6) is 0 Å². The van der Waals surface area contributed by atoms with Gasteiger partial charge in [-0.15, -0.1) is 0 Å². The van der Waals surface area contributed by atoms with E-state index in [0.717, 1.165) is 31.7 Å². The van der Waals surface area contributed by atoms with E-state index in [2.05, 4.69) is 17.9 Å². The average molecular weight is 244 g/mol. The number of pyridine rings is 1. The molecule has 0 bridgehead atoms. The van der Waals surface area contributed by atoms with E-state index in [1.54, 1.807) is 0 Å². The zero-order valence-electron chi connectivity index (χ0n) is 10.9. The Labute approximate surface area is 108 Å². The first-order chi connectivity index (χ1) is 8.80. The molecule has 1 aliphatic carbocycles. The molecule has 0 aliphatic heterocycles. The lowest BCUT2D eigenvalue weighted by atomic mass is 9.95. The summed E-state index contributed by atoms with van der Waals surface area (Å²) >= 11 is 0. The lowest BCUT2D eigenvalue weighted by Crippen LogP contribution is -2.31. The van der Waals surface area contributed by atoms with Crippen molar-refractivity contribution in [2.75, 3.05) is 24.5 Å². The fourth-order valence-electron chi connectivity index (χ4n) is 2.52. The molecule has 4 nitrogen and oxygen atoms in total. The summed E-state index contributed by atoms with van der Waals surface area (Å²) in [4.78, 5) is 6.81. The number of nitrogens with zero attached hydrogens (tertiary/aromatic N) is 3. The van der Waals surface area contributed by atoms with Crippen LogP contribution in [-0.2, 0) is 12.8 Å². The van der Waals surface area contributed by atoms with Gasteiger partial charge in [-0.05, 0) is 44.2 Å². The van der Waals surface area contributed by atoms with Gasteiger partial charge in [-0.25, -0.2) is 4.98 Å². The Kier molecular flexibility index (Phi) is 4.16. The standard InChI is InChI=1S/C14H20N4/c1-2-18(8-7-15)14-12(10-16)9-11-5-3-4-6-13(11)17-14/h9H,2-8,15H2,1H3. The number of anilines is 1. The second kappa shape index (κ2) is 5.83. The van der Waals surface area contributed by atoms with Gasteiger partial charge in [-0.3, -0.25) is 0 Å². The van der Waals surface area contributed by atoms with E-state index in [1.807, 2.05) is 6.07 Å². The first-order valence-electron chi connectivity index (χ1n) is 6.68. The molecule has 0 radical (unpaired) electrons. The number of hydrogen-bond acceptors (Lipinski definition) is 4. The van der Waals surface area contributed by atoms with Crippen molar-refractivity contribution in [3.8, 4) is 6.07 Å². The van der Waals surface area contributed by atoms with Gasteiger partial charge in [0.15, 0.2) is 0 Å². The number of nitrogens with two attached hydrogens (primary N) is 1. The molecule has 0 fully saturated rings. The Balaban J connectivity index is 2.42. The van der Waals surface area contributed by atoms with Crippen LogP contribution >= 0.6 is 0 Å². The third-order valence-electron chi connectivity index (χ3n) is 3.48. The highest BCUT2D eigenvalue weighted by Gasteiger charge is 2.17. The minimum absolute atomic E-state index is 0.581. The van der Waals surface area contributed by atoms with Crippen molar-refractivity contribution >= 4 is 5.82 Å². The molecule has 0 amide bonds. The summed E-state index contributed by atoms with van der Waals surface area (Å²) in [6, 6.07) is 4.30. The molecule has 0 saturated heterocycles. The summed E-state index contributed by atoms with van der Waals surface area (Å²) in [7, 11) is 0. The van der Waals surface area contributed by atoms with Crippen LogP contribution in [0.3, 0.4) is 0 Å². The quantitative estimate of drug-likeness (QED) is 0.874. The van der Waals surface area contributed by atoms with E-state index < -0.39 is 0 Å². The minimum atomic E-state index is 0.581. The summed E-state index contributed by atoms with van der Waals surface area (Å²) < 4.78 is 0. The van der Waals surface area contributed by atoms with Gasteiger partial charge in [-0.2, -0.15) is 5.26 Å². The molecule has 96 valence electrons. The Morgan fingerprint density at radius 3 is 2.89 bits per heavy atom. The lowest BCUT2D eigenvalue weighted by molar-refractivity contribution is 0.663. The van der Waals surface area contributed by atoms with Crippen molar-refractivity contribution in [2.24, 2.45) is 5.73 Å². The maximum absolute atomic E-state index is 9.28. The van der Waals surface area contributed by atoms with Crippen LogP contribution in [0.4, 0.5) is 5.82 Å². The lowest BCUT2D eigenvalue weighted by Gasteiger charge is -2.25. The molecule has 0 atom stereocenters. The number of fused-ring (bicyclic) bond motifs is 1. The summed E-state index contributed by atoms with van der Waals surface area (Å²) in [5.41, 5.74) is 8.73. The third-order valence-corrected chi connectivity index (χ3v) is 3.48. The fourth-order valence-corrected chi connectivity index (χ4v) is 2.52. The monoisotopic (exact) mass is 244 g/mol. The van der Waals surface area contributed by atoms with Crippen LogP contribution in [0.1, 0.15) is 36.6 Å². The van der Waals surface area contributed by atoms with Gasteiger partial charge in [0.1, 0.15) is 11.9 Å². The zero-order chi connectivity index (χ0) is 13.0. The van der Waals surface area contributed by atoms with Crippen LogP contribution in [0.25, 0.3) is 0 Å². The second-order valence-corrected chi connectivity index (χ2v) is 4.65. The van der Waals surface area contributed by atoms with Gasteiger partial charge in [0.05, 0.1) is 5.56 Å². The molecule has 4 heteroatoms. The molecule has 2 rings (SSSR count). The van der Waals surface area contributed by atoms with Crippen LogP contribution < -0.4 is 10.6 Å². The highest BCUT2D eigenvalue weighted by atomic mass is 15.2. The van der Waals surface area contributed by atoms with E-state index in [9.17, 15) is 5.26 Å². The largest absolute Gasteiger partial charge is 0.355 e. The molecule has 2 N–H and O–H groups in total. The van der Waals surface area contributed by atoms with Crippen LogP contribution in [-0.4, -0.2) is 24.6 Å². The molecule has 0 unspecified atom stereocenters. The van der Waals surface area contributed by atoms with Crippen LogP contribution in [0, 0.1) is 11.3 Å². The van der Waals surface area contributed by atoms with Gasteiger partial charge in [0.25, 0.3) is 0 Å². The number of aryl methyl sites for hydroxylation is 2. The summed E-state index contributed by atoms with van der Waals surface area (Å²) in [6.45, 7) is 4.23. The Bertz CT molecular complexity index is 462. The smallest absolute Gasteiger partial charge is 0.146 e. The van der Waals surface area contributed by atoms with Crippen LogP contribution in [0.2, 0.25) is 0 Å². The molecule has 1 heterocycles. The normalized spacial score (nSPS) is 13.8. The fraction of sp³-hybridized carbons (Fsp3) is 0.571. The number of likely N-dealkylation sites (N-methyl/N-ethyl adjacent to an activating group) is 1. The molecular formula is C14H20N4. The van der Waals surface area contributed by atoms with E-state index in [0.29, 0.717) is 12.1 Å². The summed E-state index contributed by atoms with van der Waals surface area (Å²) in [5.74, 6) is 0.811. The summed E-state index contributed by atoms with van der Waals surface area (Å²) in [6.07, 6.45) is 4.50. The maximum Gasteiger partial charge on any atom is 0.146 e. The van der Waals surface area contributed by atoms with Crippen molar-refractivity contribution in [3.05, 3.63) is 22.9 Å². The topological polar surface area (TPSA) is 65.9 Å². The molecule has 0 aromatic carbocycles. The number of aromatic nitrogens is 1.